The van der Waals surface area contributed by atoms with Crippen LogP contribution in [0.25, 0.3) is 32.8 Å². The molecule has 23 heavy (non-hydrogen) atoms. The minimum Gasteiger partial charge on any atom is -0.256 e. The van der Waals surface area contributed by atoms with Crippen molar-refractivity contribution in [3.05, 3.63) is 71.4 Å². The molecule has 0 spiro atoms. The Bertz CT molecular complexity index is 1050. The molecule has 3 nitrogen and oxygen atoms in total. The van der Waals surface area contributed by atoms with Gasteiger partial charge in [0.2, 0.25) is 0 Å². The number of aromatic nitrogens is 2. The van der Waals surface area contributed by atoms with Crippen LogP contribution in [0, 0.1) is 11.3 Å². The zero-order valence-electron chi connectivity index (χ0n) is 12.1. The zero-order valence-corrected chi connectivity index (χ0v) is 12.9. The summed E-state index contributed by atoms with van der Waals surface area (Å²) in [6, 6.07) is 20.1. The van der Waals surface area contributed by atoms with Gasteiger partial charge in [-0.05, 0) is 42.0 Å². The van der Waals surface area contributed by atoms with Crippen LogP contribution in [0.4, 0.5) is 0 Å². The molecule has 2 heterocycles. The summed E-state index contributed by atoms with van der Waals surface area (Å²) < 4.78 is 1.09. The fourth-order valence-electron chi connectivity index (χ4n) is 2.48. The smallest absolute Gasteiger partial charge is 0.135 e. The molecule has 4 aromatic rings. The van der Waals surface area contributed by atoms with Crippen molar-refractivity contribution in [2.75, 3.05) is 0 Å². The van der Waals surface area contributed by atoms with Gasteiger partial charge in [-0.1, -0.05) is 24.3 Å². The zero-order chi connectivity index (χ0) is 15.6. The maximum atomic E-state index is 9.52. The summed E-state index contributed by atoms with van der Waals surface area (Å²) in [7, 11) is 0. The summed E-state index contributed by atoms with van der Waals surface area (Å²) in [5.74, 6) is 0. The lowest BCUT2D eigenvalue weighted by Crippen LogP contribution is -1.82. The first-order valence-electron chi connectivity index (χ1n) is 7.16. The van der Waals surface area contributed by atoms with Gasteiger partial charge in [-0.3, -0.25) is 4.98 Å². The number of hydrogen-bond acceptors (Lipinski definition) is 4. The lowest BCUT2D eigenvalue weighted by molar-refractivity contribution is 1.41. The first kappa shape index (κ1) is 13.6. The number of benzene rings is 2. The summed E-state index contributed by atoms with van der Waals surface area (Å²) in [5.41, 5.74) is 3.43. The van der Waals surface area contributed by atoms with Gasteiger partial charge >= 0.3 is 0 Å². The summed E-state index contributed by atoms with van der Waals surface area (Å²) in [6.45, 7) is 0. The molecule has 0 saturated heterocycles. The Balaban J connectivity index is 1.81. The van der Waals surface area contributed by atoms with E-state index >= 15 is 0 Å². The van der Waals surface area contributed by atoms with Crippen LogP contribution < -0.4 is 0 Å². The third-order valence-electron chi connectivity index (χ3n) is 3.58. The van der Waals surface area contributed by atoms with Gasteiger partial charge in [0.15, 0.2) is 0 Å². The number of thiazole rings is 1. The standard InChI is InChI=1S/C19H11N3S/c20-12-15(19-22-17-5-1-2-6-18(17)23-19)11-13-7-8-16-14(10-13)4-3-9-21-16/h1-11H/b15-11-. The predicted octanol–water partition coefficient (Wildman–Crippen LogP) is 4.91. The second-order valence-corrected chi connectivity index (χ2v) is 6.14. The molecule has 0 saturated carbocycles. The van der Waals surface area contributed by atoms with Gasteiger partial charge in [0.05, 0.1) is 21.3 Å². The first-order chi connectivity index (χ1) is 11.3. The Kier molecular flexibility index (Phi) is 3.34. The van der Waals surface area contributed by atoms with E-state index in [2.05, 4.69) is 16.0 Å². The molecule has 0 unspecified atom stereocenters. The third kappa shape index (κ3) is 2.59. The minimum absolute atomic E-state index is 0.578. The van der Waals surface area contributed by atoms with Crippen molar-refractivity contribution in [1.82, 2.24) is 9.97 Å². The van der Waals surface area contributed by atoms with E-state index in [1.165, 1.54) is 11.3 Å². The van der Waals surface area contributed by atoms with E-state index in [4.69, 9.17) is 0 Å². The lowest BCUT2D eigenvalue weighted by Gasteiger charge is -1.99. The second-order valence-electron chi connectivity index (χ2n) is 5.11. The van der Waals surface area contributed by atoms with Crippen molar-refractivity contribution < 1.29 is 0 Å². The van der Waals surface area contributed by atoms with Crippen molar-refractivity contribution in [2.45, 2.75) is 0 Å². The topological polar surface area (TPSA) is 49.6 Å². The van der Waals surface area contributed by atoms with Crippen molar-refractivity contribution in [1.29, 1.82) is 5.26 Å². The summed E-state index contributed by atoms with van der Waals surface area (Å²) >= 11 is 1.54. The maximum Gasteiger partial charge on any atom is 0.135 e. The van der Waals surface area contributed by atoms with E-state index in [0.29, 0.717) is 5.57 Å². The fraction of sp³-hybridized carbons (Fsp3) is 0. The molecule has 108 valence electrons. The van der Waals surface area contributed by atoms with Crippen LogP contribution in [0.3, 0.4) is 0 Å². The van der Waals surface area contributed by atoms with Crippen LogP contribution >= 0.6 is 11.3 Å². The van der Waals surface area contributed by atoms with E-state index in [0.717, 1.165) is 31.7 Å². The van der Waals surface area contributed by atoms with Crippen molar-refractivity contribution >= 4 is 44.1 Å². The van der Waals surface area contributed by atoms with E-state index in [9.17, 15) is 5.26 Å². The van der Waals surface area contributed by atoms with Crippen LogP contribution in [0.15, 0.2) is 60.8 Å². The first-order valence-corrected chi connectivity index (χ1v) is 7.98. The van der Waals surface area contributed by atoms with Crippen LogP contribution in [-0.2, 0) is 0 Å². The van der Waals surface area contributed by atoms with Gasteiger partial charge in [-0.25, -0.2) is 4.98 Å². The van der Waals surface area contributed by atoms with Gasteiger partial charge in [0.1, 0.15) is 11.1 Å². The molecule has 0 atom stereocenters. The summed E-state index contributed by atoms with van der Waals surface area (Å²) in [6.07, 6.45) is 3.66. The molecule has 0 aliphatic carbocycles. The maximum absolute atomic E-state index is 9.52. The Morgan fingerprint density at radius 1 is 1.04 bits per heavy atom. The number of nitriles is 1. The molecule has 0 N–H and O–H groups in total. The number of rotatable bonds is 2. The normalized spacial score (nSPS) is 11.7. The van der Waals surface area contributed by atoms with Gasteiger partial charge < -0.3 is 0 Å². The van der Waals surface area contributed by atoms with E-state index in [-0.39, 0.29) is 0 Å². The monoisotopic (exact) mass is 313 g/mol. The summed E-state index contributed by atoms with van der Waals surface area (Å²) in [4.78, 5) is 8.87. The van der Waals surface area contributed by atoms with Crippen molar-refractivity contribution in [3.8, 4) is 6.07 Å². The highest BCUT2D eigenvalue weighted by Gasteiger charge is 2.08. The lowest BCUT2D eigenvalue weighted by atomic mass is 10.1. The highest BCUT2D eigenvalue weighted by molar-refractivity contribution is 7.19. The minimum atomic E-state index is 0.578. The molecule has 4 heteroatoms. The third-order valence-corrected chi connectivity index (χ3v) is 4.65. The largest absolute Gasteiger partial charge is 0.256 e. The average molecular weight is 313 g/mol. The summed E-state index contributed by atoms with van der Waals surface area (Å²) in [5, 5.41) is 11.3. The highest BCUT2D eigenvalue weighted by atomic mass is 32.1. The number of allylic oxidation sites excluding steroid dienone is 1. The SMILES string of the molecule is N#C/C(=C/c1ccc2ncccc2c1)c1nc2ccccc2s1. The van der Waals surface area contributed by atoms with Gasteiger partial charge in [0, 0.05) is 11.6 Å². The molecule has 0 fully saturated rings. The quantitative estimate of drug-likeness (QED) is 0.494. The predicted molar refractivity (Wildman–Crippen MR) is 94.8 cm³/mol. The molecular formula is C19H11N3S. The van der Waals surface area contributed by atoms with Gasteiger partial charge in [0.25, 0.3) is 0 Å². The molecule has 4 rings (SSSR count). The number of nitrogens with zero attached hydrogens (tertiary/aromatic N) is 3. The van der Waals surface area contributed by atoms with E-state index in [1.54, 1.807) is 6.20 Å². The fourth-order valence-corrected chi connectivity index (χ4v) is 3.41. The molecule has 0 bridgehead atoms. The van der Waals surface area contributed by atoms with Crippen LogP contribution in [-0.4, -0.2) is 9.97 Å². The molecule has 0 amide bonds. The van der Waals surface area contributed by atoms with Gasteiger partial charge in [-0.15, -0.1) is 11.3 Å². The highest BCUT2D eigenvalue weighted by Crippen LogP contribution is 2.28. The number of para-hydroxylation sites is 1. The number of hydrogen-bond donors (Lipinski definition) is 0. The average Bonchev–Trinajstić information content (AvgIpc) is 3.03. The van der Waals surface area contributed by atoms with Crippen LogP contribution in [0.2, 0.25) is 0 Å². The van der Waals surface area contributed by atoms with Crippen LogP contribution in [0.5, 0.6) is 0 Å². The second kappa shape index (κ2) is 5.64. The van der Waals surface area contributed by atoms with Crippen molar-refractivity contribution in [2.24, 2.45) is 0 Å². The Morgan fingerprint density at radius 3 is 2.83 bits per heavy atom. The van der Waals surface area contributed by atoms with Gasteiger partial charge in [-0.2, -0.15) is 5.26 Å². The van der Waals surface area contributed by atoms with Crippen molar-refractivity contribution in [3.63, 3.8) is 0 Å². The molecular weight excluding hydrogens is 302 g/mol. The van der Waals surface area contributed by atoms with E-state index < -0.39 is 0 Å². The molecule has 2 aromatic heterocycles. The molecule has 0 aliphatic rings. The Labute approximate surface area is 137 Å². The number of fused-ring (bicyclic) bond motifs is 2. The molecule has 2 aromatic carbocycles. The number of pyridine rings is 1. The van der Waals surface area contributed by atoms with Crippen LogP contribution in [0.1, 0.15) is 10.6 Å². The Hall–Kier alpha value is -3.03. The van der Waals surface area contributed by atoms with E-state index in [1.807, 2.05) is 60.7 Å². The Morgan fingerprint density at radius 2 is 1.96 bits per heavy atom. The molecule has 0 radical (unpaired) electrons. The molecule has 0 aliphatic heterocycles.